The molecule has 0 fully saturated rings. The fourth-order valence-corrected chi connectivity index (χ4v) is 1.20. The average Bonchev–Trinajstić information content (AvgIpc) is 2.18. The molecule has 5 heteroatoms. The van der Waals surface area contributed by atoms with Gasteiger partial charge in [0.25, 0.3) is 5.91 Å². The average molecular weight is 208 g/mol. The van der Waals surface area contributed by atoms with Gasteiger partial charge in [0, 0.05) is 12.2 Å². The van der Waals surface area contributed by atoms with E-state index in [2.05, 4.69) is 10.3 Å². The van der Waals surface area contributed by atoms with Crippen LogP contribution < -0.4 is 16.8 Å². The van der Waals surface area contributed by atoms with Gasteiger partial charge >= 0.3 is 0 Å². The van der Waals surface area contributed by atoms with Gasteiger partial charge in [0.1, 0.15) is 5.82 Å². The number of hydrogen-bond donors (Lipinski definition) is 3. The molecule has 0 spiro atoms. The van der Waals surface area contributed by atoms with Crippen molar-refractivity contribution in [3.05, 3.63) is 23.4 Å². The fourth-order valence-electron chi connectivity index (χ4n) is 1.20. The molecule has 1 amide bonds. The van der Waals surface area contributed by atoms with E-state index in [1.807, 2.05) is 6.92 Å². The van der Waals surface area contributed by atoms with Crippen LogP contribution in [0.2, 0.25) is 0 Å². The molecule has 0 unspecified atom stereocenters. The van der Waals surface area contributed by atoms with Crippen molar-refractivity contribution in [2.45, 2.75) is 13.3 Å². The lowest BCUT2D eigenvalue weighted by atomic mass is 10.2. The maximum absolute atomic E-state index is 11.1. The van der Waals surface area contributed by atoms with Crippen molar-refractivity contribution in [1.29, 1.82) is 0 Å². The second kappa shape index (κ2) is 5.31. The SMILES string of the molecule is Cc1ccc(C(N)=O)c(NCCCN)n1. The third kappa shape index (κ3) is 3.21. The van der Waals surface area contributed by atoms with Gasteiger partial charge in [-0.15, -0.1) is 0 Å². The van der Waals surface area contributed by atoms with Gasteiger partial charge in [-0.3, -0.25) is 4.79 Å². The Kier molecular flexibility index (Phi) is 4.05. The van der Waals surface area contributed by atoms with Crippen LogP contribution in [-0.4, -0.2) is 24.0 Å². The fraction of sp³-hybridized carbons (Fsp3) is 0.400. The number of nitrogens with two attached hydrogens (primary N) is 2. The normalized spacial score (nSPS) is 10.0. The quantitative estimate of drug-likeness (QED) is 0.604. The van der Waals surface area contributed by atoms with Gasteiger partial charge in [0.2, 0.25) is 0 Å². The summed E-state index contributed by atoms with van der Waals surface area (Å²) in [5, 5.41) is 3.04. The van der Waals surface area contributed by atoms with Crippen molar-refractivity contribution in [2.75, 3.05) is 18.4 Å². The predicted molar refractivity (Wildman–Crippen MR) is 59.7 cm³/mol. The van der Waals surface area contributed by atoms with Crippen LogP contribution in [0, 0.1) is 6.92 Å². The Balaban J connectivity index is 2.82. The van der Waals surface area contributed by atoms with Gasteiger partial charge in [0.05, 0.1) is 5.56 Å². The van der Waals surface area contributed by atoms with Crippen LogP contribution in [0.25, 0.3) is 0 Å². The molecule has 0 radical (unpaired) electrons. The lowest BCUT2D eigenvalue weighted by Gasteiger charge is -2.08. The summed E-state index contributed by atoms with van der Waals surface area (Å²) >= 11 is 0. The third-order valence-corrected chi connectivity index (χ3v) is 1.97. The van der Waals surface area contributed by atoms with E-state index in [-0.39, 0.29) is 0 Å². The first kappa shape index (κ1) is 11.5. The molecule has 5 N–H and O–H groups in total. The highest BCUT2D eigenvalue weighted by Crippen LogP contribution is 2.12. The highest BCUT2D eigenvalue weighted by Gasteiger charge is 2.08. The summed E-state index contributed by atoms with van der Waals surface area (Å²) in [6, 6.07) is 3.43. The Morgan fingerprint density at radius 1 is 1.53 bits per heavy atom. The van der Waals surface area contributed by atoms with Crippen molar-refractivity contribution in [1.82, 2.24) is 4.98 Å². The monoisotopic (exact) mass is 208 g/mol. The summed E-state index contributed by atoms with van der Waals surface area (Å²) in [4.78, 5) is 15.3. The molecular formula is C10H16N4O. The molecule has 0 saturated carbocycles. The van der Waals surface area contributed by atoms with Crippen LogP contribution in [0.15, 0.2) is 12.1 Å². The van der Waals surface area contributed by atoms with Crippen LogP contribution >= 0.6 is 0 Å². The zero-order valence-corrected chi connectivity index (χ0v) is 8.79. The Bertz CT molecular complexity index is 351. The minimum absolute atomic E-state index is 0.414. The molecule has 0 bridgehead atoms. The zero-order valence-electron chi connectivity index (χ0n) is 8.79. The first-order chi connectivity index (χ1) is 7.15. The number of primary amides is 1. The van der Waals surface area contributed by atoms with Crippen LogP contribution in [0.1, 0.15) is 22.5 Å². The topological polar surface area (TPSA) is 94.0 Å². The molecule has 5 nitrogen and oxygen atoms in total. The molecule has 15 heavy (non-hydrogen) atoms. The molecule has 1 aromatic heterocycles. The molecule has 0 aliphatic carbocycles. The number of aryl methyl sites for hydroxylation is 1. The van der Waals surface area contributed by atoms with E-state index >= 15 is 0 Å². The van der Waals surface area contributed by atoms with E-state index in [1.165, 1.54) is 0 Å². The first-order valence-electron chi connectivity index (χ1n) is 4.86. The van der Waals surface area contributed by atoms with Crippen LogP contribution in [0.3, 0.4) is 0 Å². The largest absolute Gasteiger partial charge is 0.369 e. The number of nitrogens with one attached hydrogen (secondary N) is 1. The van der Waals surface area contributed by atoms with E-state index in [4.69, 9.17) is 11.5 Å². The smallest absolute Gasteiger partial charge is 0.252 e. The molecule has 0 atom stereocenters. The molecule has 0 aliphatic rings. The van der Waals surface area contributed by atoms with Crippen molar-refractivity contribution >= 4 is 11.7 Å². The number of hydrogen-bond acceptors (Lipinski definition) is 4. The molecule has 0 aliphatic heterocycles. The zero-order chi connectivity index (χ0) is 11.3. The van der Waals surface area contributed by atoms with E-state index in [0.717, 1.165) is 12.1 Å². The van der Waals surface area contributed by atoms with E-state index < -0.39 is 5.91 Å². The number of amides is 1. The number of rotatable bonds is 5. The van der Waals surface area contributed by atoms with Crippen molar-refractivity contribution < 1.29 is 4.79 Å². The lowest BCUT2D eigenvalue weighted by Crippen LogP contribution is -2.17. The Morgan fingerprint density at radius 3 is 2.87 bits per heavy atom. The van der Waals surface area contributed by atoms with E-state index in [0.29, 0.717) is 24.5 Å². The summed E-state index contributed by atoms with van der Waals surface area (Å²) < 4.78 is 0. The van der Waals surface area contributed by atoms with Crippen LogP contribution in [-0.2, 0) is 0 Å². The maximum Gasteiger partial charge on any atom is 0.252 e. The van der Waals surface area contributed by atoms with Gasteiger partial charge in [-0.05, 0) is 32.0 Å². The highest BCUT2D eigenvalue weighted by molar-refractivity contribution is 5.97. The number of carbonyl (C=O) groups is 1. The summed E-state index contributed by atoms with van der Waals surface area (Å²) in [6.45, 7) is 3.15. The molecular weight excluding hydrogens is 192 g/mol. The lowest BCUT2D eigenvalue weighted by molar-refractivity contribution is 0.100. The molecule has 1 heterocycles. The van der Waals surface area contributed by atoms with Crippen LogP contribution in [0.5, 0.6) is 0 Å². The first-order valence-corrected chi connectivity index (χ1v) is 4.86. The second-order valence-corrected chi connectivity index (χ2v) is 3.28. The van der Waals surface area contributed by atoms with Gasteiger partial charge in [-0.25, -0.2) is 4.98 Å². The Labute approximate surface area is 88.9 Å². The van der Waals surface area contributed by atoms with Gasteiger partial charge in [0.15, 0.2) is 0 Å². The number of nitrogens with zero attached hydrogens (tertiary/aromatic N) is 1. The Hall–Kier alpha value is -1.62. The van der Waals surface area contributed by atoms with Gasteiger partial charge in [-0.2, -0.15) is 0 Å². The van der Waals surface area contributed by atoms with Crippen molar-refractivity contribution in [2.24, 2.45) is 11.5 Å². The minimum Gasteiger partial charge on any atom is -0.369 e. The summed E-state index contributed by atoms with van der Waals surface area (Å²) in [5.74, 6) is 0.0636. The Morgan fingerprint density at radius 2 is 2.27 bits per heavy atom. The van der Waals surface area contributed by atoms with Crippen molar-refractivity contribution in [3.63, 3.8) is 0 Å². The van der Waals surface area contributed by atoms with E-state index in [1.54, 1.807) is 12.1 Å². The maximum atomic E-state index is 11.1. The van der Waals surface area contributed by atoms with Gasteiger partial charge in [-0.1, -0.05) is 0 Å². The summed E-state index contributed by atoms with van der Waals surface area (Å²) in [6.07, 6.45) is 0.827. The molecule has 0 saturated heterocycles. The number of aromatic nitrogens is 1. The summed E-state index contributed by atoms with van der Waals surface area (Å²) in [5.41, 5.74) is 11.9. The molecule has 82 valence electrons. The number of carbonyl (C=O) groups excluding carboxylic acids is 1. The molecule has 0 aromatic carbocycles. The molecule has 1 rings (SSSR count). The van der Waals surface area contributed by atoms with Crippen molar-refractivity contribution in [3.8, 4) is 0 Å². The standard InChI is InChI=1S/C10H16N4O/c1-7-3-4-8(9(12)15)10(14-7)13-6-2-5-11/h3-4H,2,5-6,11H2,1H3,(H2,12,15)(H,13,14). The van der Waals surface area contributed by atoms with Gasteiger partial charge < -0.3 is 16.8 Å². The number of anilines is 1. The van der Waals surface area contributed by atoms with Crippen LogP contribution in [0.4, 0.5) is 5.82 Å². The van der Waals surface area contributed by atoms with E-state index in [9.17, 15) is 4.79 Å². The third-order valence-electron chi connectivity index (χ3n) is 1.97. The molecule has 1 aromatic rings. The highest BCUT2D eigenvalue weighted by atomic mass is 16.1. The second-order valence-electron chi connectivity index (χ2n) is 3.28. The predicted octanol–water partition coefficient (Wildman–Crippen LogP) is 0.250. The summed E-state index contributed by atoms with van der Waals surface area (Å²) in [7, 11) is 0. The minimum atomic E-state index is -0.474. The number of pyridine rings is 1.